The molecule has 0 spiro atoms. The fourth-order valence-electron chi connectivity index (χ4n) is 1.45. The van der Waals surface area contributed by atoms with Crippen molar-refractivity contribution in [1.82, 2.24) is 19.9 Å². The van der Waals surface area contributed by atoms with Gasteiger partial charge in [0.15, 0.2) is 5.82 Å². The third kappa shape index (κ3) is 3.99. The number of nitrogens with zero attached hydrogens (tertiary/aromatic N) is 4. The lowest BCUT2D eigenvalue weighted by molar-refractivity contribution is -0.133. The first-order valence-electron chi connectivity index (χ1n) is 5.67. The number of carbonyl (C=O) groups is 1. The van der Waals surface area contributed by atoms with E-state index in [2.05, 4.69) is 10.1 Å². The van der Waals surface area contributed by atoms with Crippen LogP contribution < -0.4 is 0 Å². The van der Waals surface area contributed by atoms with Crippen molar-refractivity contribution in [2.75, 3.05) is 27.4 Å². The van der Waals surface area contributed by atoms with Gasteiger partial charge in [-0.15, -0.1) is 0 Å². The van der Waals surface area contributed by atoms with Crippen LogP contribution in [0.15, 0.2) is 4.52 Å². The molecule has 0 aliphatic rings. The Morgan fingerprint density at radius 3 is 2.67 bits per heavy atom. The summed E-state index contributed by atoms with van der Waals surface area (Å²) in [5, 5.41) is 3.87. The molecule has 6 nitrogen and oxygen atoms in total. The van der Waals surface area contributed by atoms with E-state index in [9.17, 15) is 4.79 Å². The van der Waals surface area contributed by atoms with Gasteiger partial charge in [0.05, 0.1) is 18.3 Å². The molecule has 0 saturated carbocycles. The summed E-state index contributed by atoms with van der Waals surface area (Å²) < 4.78 is 5.14. The normalized spacial score (nSPS) is 12.8. The molecule has 1 amide bonds. The molecule has 0 aromatic carbocycles. The number of amides is 1. The van der Waals surface area contributed by atoms with Crippen LogP contribution in [0, 0.1) is 0 Å². The van der Waals surface area contributed by atoms with Gasteiger partial charge in [0.25, 0.3) is 0 Å². The number of hydrogen-bond donors (Lipinski definition) is 0. The minimum Gasteiger partial charge on any atom is -0.347 e. The maximum Gasteiger partial charge on any atom is 0.240 e. The number of carbonyl (C=O) groups excluding carboxylic acids is 1. The molecule has 1 aromatic rings. The summed E-state index contributed by atoms with van der Waals surface area (Å²) in [6.07, 6.45) is 1.99. The molecule has 0 saturated heterocycles. The lowest BCUT2D eigenvalue weighted by Crippen LogP contribution is -2.42. The summed E-state index contributed by atoms with van der Waals surface area (Å²) in [4.78, 5) is 19.5. The molecule has 7 heteroatoms. The van der Waals surface area contributed by atoms with Gasteiger partial charge in [-0.25, -0.2) is 0 Å². The van der Waals surface area contributed by atoms with Gasteiger partial charge < -0.3 is 9.42 Å². The van der Waals surface area contributed by atoms with Crippen LogP contribution >= 0.6 is 11.8 Å². The van der Waals surface area contributed by atoms with Crippen LogP contribution in [0.2, 0.25) is 0 Å². The SMILES string of the molecule is CSCc1noc(CN(C)C(C)C(=O)N(C)C)n1. The van der Waals surface area contributed by atoms with Crippen molar-refractivity contribution in [1.29, 1.82) is 0 Å². The summed E-state index contributed by atoms with van der Waals surface area (Å²) in [5.41, 5.74) is 0. The highest BCUT2D eigenvalue weighted by atomic mass is 32.2. The molecule has 102 valence electrons. The zero-order chi connectivity index (χ0) is 13.7. The second-order valence-electron chi connectivity index (χ2n) is 4.36. The first kappa shape index (κ1) is 15.0. The van der Waals surface area contributed by atoms with Crippen LogP contribution in [0.1, 0.15) is 18.6 Å². The fourth-order valence-corrected chi connectivity index (χ4v) is 1.83. The number of rotatable bonds is 6. The van der Waals surface area contributed by atoms with Crippen LogP contribution in [-0.2, 0) is 17.1 Å². The third-order valence-corrected chi connectivity index (χ3v) is 3.17. The standard InChI is InChI=1S/C11H20N4O2S/c1-8(11(16)14(2)3)15(4)6-10-12-9(7-18-5)13-17-10/h8H,6-7H2,1-5H3. The van der Waals surface area contributed by atoms with E-state index in [4.69, 9.17) is 4.52 Å². The zero-order valence-corrected chi connectivity index (χ0v) is 12.3. The lowest BCUT2D eigenvalue weighted by Gasteiger charge is -2.24. The van der Waals surface area contributed by atoms with E-state index in [1.54, 1.807) is 30.8 Å². The van der Waals surface area contributed by atoms with Crippen LogP contribution in [0.25, 0.3) is 0 Å². The first-order valence-corrected chi connectivity index (χ1v) is 7.07. The first-order chi connectivity index (χ1) is 8.45. The molecule has 18 heavy (non-hydrogen) atoms. The summed E-state index contributed by atoms with van der Waals surface area (Å²) >= 11 is 1.64. The maximum atomic E-state index is 11.8. The highest BCUT2D eigenvalue weighted by Crippen LogP contribution is 2.09. The smallest absolute Gasteiger partial charge is 0.240 e. The zero-order valence-electron chi connectivity index (χ0n) is 11.5. The highest BCUT2D eigenvalue weighted by molar-refractivity contribution is 7.97. The van der Waals surface area contributed by atoms with Crippen LogP contribution in [0.4, 0.5) is 0 Å². The average molecular weight is 272 g/mol. The van der Waals surface area contributed by atoms with Crippen LogP contribution in [0.3, 0.4) is 0 Å². The van der Waals surface area contributed by atoms with Gasteiger partial charge in [-0.1, -0.05) is 5.16 Å². The van der Waals surface area contributed by atoms with Crippen LogP contribution in [-0.4, -0.2) is 59.3 Å². The van der Waals surface area contributed by atoms with Crippen molar-refractivity contribution in [2.24, 2.45) is 0 Å². The predicted octanol–water partition coefficient (Wildman–Crippen LogP) is 0.841. The minimum absolute atomic E-state index is 0.0568. The summed E-state index contributed by atoms with van der Waals surface area (Å²) in [6.45, 7) is 2.34. The van der Waals surface area contributed by atoms with E-state index in [0.717, 1.165) is 5.75 Å². The van der Waals surface area contributed by atoms with E-state index < -0.39 is 0 Å². The third-order valence-electron chi connectivity index (χ3n) is 2.63. The van der Waals surface area contributed by atoms with E-state index in [1.165, 1.54) is 0 Å². The Bertz CT molecular complexity index is 394. The van der Waals surface area contributed by atoms with E-state index in [1.807, 2.05) is 25.1 Å². The van der Waals surface area contributed by atoms with Crippen LogP contribution in [0.5, 0.6) is 0 Å². The molecule has 0 bridgehead atoms. The second kappa shape index (κ2) is 6.75. The molecule has 1 aromatic heterocycles. The molecule has 0 aliphatic carbocycles. The molecule has 0 aliphatic heterocycles. The van der Waals surface area contributed by atoms with Gasteiger partial charge in [-0.3, -0.25) is 9.69 Å². The van der Waals surface area contributed by atoms with Gasteiger partial charge >= 0.3 is 0 Å². The fraction of sp³-hybridized carbons (Fsp3) is 0.727. The Labute approximate surface area is 112 Å². The maximum absolute atomic E-state index is 11.8. The van der Waals surface area contributed by atoms with Crippen molar-refractivity contribution < 1.29 is 9.32 Å². The van der Waals surface area contributed by atoms with E-state index >= 15 is 0 Å². The van der Waals surface area contributed by atoms with Crippen molar-refractivity contribution in [3.63, 3.8) is 0 Å². The van der Waals surface area contributed by atoms with Gasteiger partial charge in [-0.2, -0.15) is 16.7 Å². The molecular weight excluding hydrogens is 252 g/mol. The van der Waals surface area contributed by atoms with E-state index in [0.29, 0.717) is 18.3 Å². The second-order valence-corrected chi connectivity index (χ2v) is 5.23. The Hall–Kier alpha value is -1.08. The molecule has 1 rings (SSSR count). The number of hydrogen-bond acceptors (Lipinski definition) is 6. The topological polar surface area (TPSA) is 62.5 Å². The number of likely N-dealkylation sites (N-methyl/N-ethyl adjacent to an activating group) is 2. The molecule has 0 radical (unpaired) electrons. The molecule has 1 heterocycles. The summed E-state index contributed by atoms with van der Waals surface area (Å²) in [6, 6.07) is -0.212. The Kier molecular flexibility index (Phi) is 5.61. The molecule has 0 fully saturated rings. The van der Waals surface area contributed by atoms with Gasteiger partial charge in [0.2, 0.25) is 11.8 Å². The van der Waals surface area contributed by atoms with Crippen molar-refractivity contribution in [3.05, 3.63) is 11.7 Å². The van der Waals surface area contributed by atoms with E-state index in [-0.39, 0.29) is 11.9 Å². The number of thioether (sulfide) groups is 1. The average Bonchev–Trinajstić information content (AvgIpc) is 2.75. The monoisotopic (exact) mass is 272 g/mol. The molecule has 1 atom stereocenters. The van der Waals surface area contributed by atoms with Crippen molar-refractivity contribution in [3.8, 4) is 0 Å². The predicted molar refractivity (Wildman–Crippen MR) is 71.1 cm³/mol. The lowest BCUT2D eigenvalue weighted by atomic mass is 10.2. The highest BCUT2D eigenvalue weighted by Gasteiger charge is 2.21. The van der Waals surface area contributed by atoms with Gasteiger partial charge in [0.1, 0.15) is 0 Å². The van der Waals surface area contributed by atoms with Gasteiger partial charge in [0, 0.05) is 14.1 Å². The Morgan fingerprint density at radius 2 is 2.11 bits per heavy atom. The summed E-state index contributed by atoms with van der Waals surface area (Å²) in [5.74, 6) is 2.03. The summed E-state index contributed by atoms with van der Waals surface area (Å²) in [7, 11) is 5.36. The quantitative estimate of drug-likeness (QED) is 0.765. The minimum atomic E-state index is -0.212. The number of aromatic nitrogens is 2. The molecule has 1 unspecified atom stereocenters. The van der Waals surface area contributed by atoms with Crippen molar-refractivity contribution in [2.45, 2.75) is 25.3 Å². The Balaban J connectivity index is 2.57. The van der Waals surface area contributed by atoms with Crippen molar-refractivity contribution >= 4 is 17.7 Å². The Morgan fingerprint density at radius 1 is 1.44 bits per heavy atom. The molecule has 0 N–H and O–H groups in total. The van der Waals surface area contributed by atoms with Gasteiger partial charge in [-0.05, 0) is 20.2 Å². The largest absolute Gasteiger partial charge is 0.347 e. The molecular formula is C11H20N4O2S.